The Hall–Kier alpha value is -0.870. The van der Waals surface area contributed by atoms with Crippen molar-refractivity contribution in [1.82, 2.24) is 4.09 Å². The van der Waals surface area contributed by atoms with Gasteiger partial charge in [-0.25, -0.2) is 4.39 Å². The molecule has 0 saturated carbocycles. The highest BCUT2D eigenvalue weighted by Crippen LogP contribution is 2.29. The summed E-state index contributed by atoms with van der Waals surface area (Å²) in [5.41, 5.74) is 1.64. The van der Waals surface area contributed by atoms with Crippen molar-refractivity contribution in [3.63, 3.8) is 0 Å². The summed E-state index contributed by atoms with van der Waals surface area (Å²) in [7, 11) is 0. The van der Waals surface area contributed by atoms with Gasteiger partial charge in [0.1, 0.15) is 11.9 Å². The monoisotopic (exact) mass is 256 g/mol. The second kappa shape index (κ2) is 3.71. The van der Waals surface area contributed by atoms with Crippen LogP contribution in [-0.2, 0) is 4.84 Å². The van der Waals surface area contributed by atoms with Gasteiger partial charge in [0, 0.05) is 11.6 Å². The van der Waals surface area contributed by atoms with Crippen LogP contribution in [0.5, 0.6) is 0 Å². The van der Waals surface area contributed by atoms with Crippen molar-refractivity contribution in [2.75, 3.05) is 0 Å². The van der Waals surface area contributed by atoms with Gasteiger partial charge in [0.15, 0.2) is 0 Å². The largest absolute Gasteiger partial charge is 0.255 e. The molecule has 0 aliphatic carbocycles. The molecule has 0 saturated heterocycles. The second-order valence-electron chi connectivity index (χ2n) is 2.99. The van der Waals surface area contributed by atoms with Crippen molar-refractivity contribution in [3.05, 3.63) is 41.7 Å². The SMILES string of the molecule is CC1[C]=C(c2ccc(F)cc2)N(Br)O1. The van der Waals surface area contributed by atoms with Crippen LogP contribution in [0.2, 0.25) is 0 Å². The Morgan fingerprint density at radius 2 is 2.07 bits per heavy atom. The normalized spacial score (nSPS) is 21.2. The Labute approximate surface area is 90.3 Å². The van der Waals surface area contributed by atoms with Crippen molar-refractivity contribution in [1.29, 1.82) is 0 Å². The molecular weight excluding hydrogens is 249 g/mol. The highest BCUT2D eigenvalue weighted by molar-refractivity contribution is 9.07. The minimum absolute atomic E-state index is 0.0885. The summed E-state index contributed by atoms with van der Waals surface area (Å²) in [6.07, 6.45) is 3.00. The quantitative estimate of drug-likeness (QED) is 0.717. The van der Waals surface area contributed by atoms with E-state index in [0.717, 1.165) is 11.3 Å². The third kappa shape index (κ3) is 1.81. The van der Waals surface area contributed by atoms with Gasteiger partial charge >= 0.3 is 0 Å². The molecule has 2 nitrogen and oxygen atoms in total. The van der Waals surface area contributed by atoms with Crippen molar-refractivity contribution in [3.8, 4) is 0 Å². The zero-order valence-corrected chi connectivity index (χ0v) is 9.08. The molecule has 1 unspecified atom stereocenters. The first-order valence-corrected chi connectivity index (χ1v) is 4.90. The van der Waals surface area contributed by atoms with Crippen molar-refractivity contribution < 1.29 is 9.23 Å². The minimum Gasteiger partial charge on any atom is -0.255 e. The van der Waals surface area contributed by atoms with E-state index in [1.807, 2.05) is 6.92 Å². The Kier molecular flexibility index (Phi) is 2.56. The predicted molar refractivity (Wildman–Crippen MR) is 54.4 cm³/mol. The van der Waals surface area contributed by atoms with Gasteiger partial charge in [-0.15, -0.1) is 0 Å². The fraction of sp³-hybridized carbons (Fsp3) is 0.200. The van der Waals surface area contributed by atoms with Gasteiger partial charge < -0.3 is 0 Å². The molecule has 2 rings (SSSR count). The molecule has 0 N–H and O–H groups in total. The standard InChI is InChI=1S/C10H8BrFNO/c1-7-6-10(13(11)14-7)8-2-4-9(12)5-3-8/h2-5,7H,1H3. The fourth-order valence-corrected chi connectivity index (χ4v) is 1.81. The maximum absolute atomic E-state index is 12.7. The summed E-state index contributed by atoms with van der Waals surface area (Å²) < 4.78 is 14.1. The van der Waals surface area contributed by atoms with Crippen LogP contribution in [0.25, 0.3) is 5.70 Å². The van der Waals surface area contributed by atoms with E-state index in [2.05, 4.69) is 22.2 Å². The first-order valence-electron chi connectivity index (χ1n) is 4.19. The molecule has 1 aliphatic heterocycles. The lowest BCUT2D eigenvalue weighted by Crippen LogP contribution is -2.07. The van der Waals surface area contributed by atoms with Crippen LogP contribution in [0.1, 0.15) is 12.5 Å². The smallest absolute Gasteiger partial charge is 0.123 e. The molecule has 1 radical (unpaired) electrons. The number of hydrogen-bond donors (Lipinski definition) is 0. The maximum Gasteiger partial charge on any atom is 0.123 e. The summed E-state index contributed by atoms with van der Waals surface area (Å²) in [6, 6.07) is 6.20. The van der Waals surface area contributed by atoms with E-state index in [1.165, 1.54) is 16.2 Å². The van der Waals surface area contributed by atoms with E-state index in [1.54, 1.807) is 12.1 Å². The van der Waals surface area contributed by atoms with Gasteiger partial charge in [-0.3, -0.25) is 4.84 Å². The van der Waals surface area contributed by atoms with Gasteiger partial charge in [0.2, 0.25) is 0 Å². The highest BCUT2D eigenvalue weighted by Gasteiger charge is 2.21. The average molecular weight is 257 g/mol. The first-order chi connectivity index (χ1) is 6.66. The van der Waals surface area contributed by atoms with Crippen molar-refractivity contribution >= 4 is 21.8 Å². The summed E-state index contributed by atoms with van der Waals surface area (Å²) in [4.78, 5) is 5.27. The zero-order valence-electron chi connectivity index (χ0n) is 7.50. The first kappa shape index (κ1) is 9.68. The molecule has 0 bridgehead atoms. The molecule has 1 aromatic carbocycles. The Morgan fingerprint density at radius 1 is 1.43 bits per heavy atom. The van der Waals surface area contributed by atoms with Gasteiger partial charge in [-0.05, 0) is 31.2 Å². The molecule has 1 atom stereocenters. The van der Waals surface area contributed by atoms with E-state index >= 15 is 0 Å². The predicted octanol–water partition coefficient (Wildman–Crippen LogP) is 2.92. The Morgan fingerprint density at radius 3 is 2.57 bits per heavy atom. The molecule has 0 fully saturated rings. The van der Waals surface area contributed by atoms with Crippen LogP contribution in [0.15, 0.2) is 24.3 Å². The van der Waals surface area contributed by atoms with E-state index in [9.17, 15) is 4.39 Å². The Bertz CT molecular complexity index is 363. The molecule has 14 heavy (non-hydrogen) atoms. The van der Waals surface area contributed by atoms with E-state index in [-0.39, 0.29) is 11.9 Å². The van der Waals surface area contributed by atoms with Crippen LogP contribution < -0.4 is 0 Å². The molecule has 0 amide bonds. The lowest BCUT2D eigenvalue weighted by atomic mass is 10.1. The molecule has 4 heteroatoms. The third-order valence-corrected chi connectivity index (χ3v) is 2.41. The summed E-state index contributed by atoms with van der Waals surface area (Å²) >= 11 is 3.22. The van der Waals surface area contributed by atoms with Crippen LogP contribution >= 0.6 is 16.1 Å². The topological polar surface area (TPSA) is 12.5 Å². The molecule has 0 spiro atoms. The number of hydroxylamine groups is 1. The van der Waals surface area contributed by atoms with Crippen LogP contribution in [0.4, 0.5) is 4.39 Å². The van der Waals surface area contributed by atoms with Gasteiger partial charge in [0.25, 0.3) is 0 Å². The minimum atomic E-state index is -0.248. The second-order valence-corrected chi connectivity index (χ2v) is 3.64. The molecular formula is C10H8BrFNO. The van der Waals surface area contributed by atoms with E-state index in [4.69, 9.17) is 4.84 Å². The summed E-state index contributed by atoms with van der Waals surface area (Å²) in [6.45, 7) is 1.88. The lowest BCUT2D eigenvalue weighted by Gasteiger charge is -2.12. The Balaban J connectivity index is 2.31. The number of rotatable bonds is 1. The fourth-order valence-electron chi connectivity index (χ4n) is 1.25. The zero-order chi connectivity index (χ0) is 10.1. The molecule has 0 aromatic heterocycles. The number of benzene rings is 1. The van der Waals surface area contributed by atoms with Gasteiger partial charge in [-0.2, -0.15) is 4.09 Å². The number of halogens is 2. The van der Waals surface area contributed by atoms with E-state index < -0.39 is 0 Å². The third-order valence-electron chi connectivity index (χ3n) is 1.88. The molecule has 1 aromatic rings. The average Bonchev–Trinajstić information content (AvgIpc) is 2.47. The lowest BCUT2D eigenvalue weighted by molar-refractivity contribution is -0.0323. The molecule has 1 heterocycles. The van der Waals surface area contributed by atoms with Crippen LogP contribution in [-0.4, -0.2) is 10.2 Å². The molecule has 1 aliphatic rings. The van der Waals surface area contributed by atoms with Gasteiger partial charge in [0.05, 0.1) is 21.8 Å². The maximum atomic E-state index is 12.7. The summed E-state index contributed by atoms with van der Waals surface area (Å²) in [5.74, 6) is -0.248. The van der Waals surface area contributed by atoms with E-state index in [0.29, 0.717) is 0 Å². The van der Waals surface area contributed by atoms with Crippen LogP contribution in [0.3, 0.4) is 0 Å². The van der Waals surface area contributed by atoms with Crippen molar-refractivity contribution in [2.45, 2.75) is 13.0 Å². The van der Waals surface area contributed by atoms with Gasteiger partial charge in [-0.1, -0.05) is 0 Å². The highest BCUT2D eigenvalue weighted by atomic mass is 79.9. The molecule has 73 valence electrons. The van der Waals surface area contributed by atoms with Crippen LogP contribution in [0, 0.1) is 11.9 Å². The van der Waals surface area contributed by atoms with Crippen molar-refractivity contribution in [2.24, 2.45) is 0 Å². The number of nitrogens with zero attached hydrogens (tertiary/aromatic N) is 1. The number of hydrogen-bond acceptors (Lipinski definition) is 2. The summed E-state index contributed by atoms with van der Waals surface area (Å²) in [5, 5.41) is 0.